The van der Waals surface area contributed by atoms with Crippen LogP contribution in [0.25, 0.3) is 0 Å². The highest BCUT2D eigenvalue weighted by atomic mass is 32.2. The van der Waals surface area contributed by atoms with Crippen molar-refractivity contribution < 1.29 is 22.7 Å². The molecule has 1 heterocycles. The number of ether oxygens (including phenoxy) is 2. The summed E-state index contributed by atoms with van der Waals surface area (Å²) in [6.07, 6.45) is 1.78. The fraction of sp³-hybridized carbons (Fsp3) is 0.632. The van der Waals surface area contributed by atoms with Crippen LogP contribution in [-0.4, -0.2) is 57.5 Å². The summed E-state index contributed by atoms with van der Waals surface area (Å²) in [7, 11) is 0.117. The van der Waals surface area contributed by atoms with E-state index in [0.717, 1.165) is 18.4 Å². The number of likely N-dealkylation sites (tertiary alicyclic amines) is 1. The van der Waals surface area contributed by atoms with Gasteiger partial charge in [0.15, 0.2) is 21.3 Å². The molecule has 0 bridgehead atoms. The second-order valence-electron chi connectivity index (χ2n) is 7.07. The van der Waals surface area contributed by atoms with Gasteiger partial charge in [0, 0.05) is 13.1 Å². The van der Waals surface area contributed by atoms with Crippen molar-refractivity contribution in [1.29, 1.82) is 0 Å². The van der Waals surface area contributed by atoms with Gasteiger partial charge in [0.25, 0.3) is 0 Å². The van der Waals surface area contributed by atoms with E-state index >= 15 is 0 Å². The Morgan fingerprint density at radius 1 is 1.15 bits per heavy atom. The summed E-state index contributed by atoms with van der Waals surface area (Å²) in [5.41, 5.74) is 0.872. The van der Waals surface area contributed by atoms with Crippen LogP contribution in [0, 0.1) is 5.92 Å². The standard InChI is InChI=1S/C19H29NO5S/c1-14(2)26(22,23)13-15-7-9-20(10-8-15)19(21)12-16-5-6-17(24-3)18(11-16)25-4/h5-6,11,14-15H,7-10,12-13H2,1-4H3. The van der Waals surface area contributed by atoms with Crippen LogP contribution in [0.15, 0.2) is 18.2 Å². The molecular formula is C19H29NO5S. The predicted octanol–water partition coefficient (Wildman–Crippen LogP) is 2.31. The molecule has 0 aliphatic carbocycles. The summed E-state index contributed by atoms with van der Waals surface area (Å²) in [6.45, 7) is 4.67. The number of methoxy groups -OCH3 is 2. The van der Waals surface area contributed by atoms with Crippen molar-refractivity contribution in [1.82, 2.24) is 4.90 Å². The van der Waals surface area contributed by atoms with Crippen LogP contribution in [0.2, 0.25) is 0 Å². The van der Waals surface area contributed by atoms with Gasteiger partial charge in [0.1, 0.15) is 0 Å². The molecule has 0 saturated carbocycles. The Balaban J connectivity index is 1.91. The summed E-state index contributed by atoms with van der Waals surface area (Å²) in [5.74, 6) is 1.67. The maximum atomic E-state index is 12.6. The lowest BCUT2D eigenvalue weighted by atomic mass is 9.98. The van der Waals surface area contributed by atoms with Crippen molar-refractivity contribution in [2.45, 2.75) is 38.4 Å². The number of carbonyl (C=O) groups excluding carboxylic acids is 1. The van der Waals surface area contributed by atoms with Crippen LogP contribution < -0.4 is 9.47 Å². The molecule has 6 nitrogen and oxygen atoms in total. The molecule has 0 atom stereocenters. The number of sulfone groups is 1. The monoisotopic (exact) mass is 383 g/mol. The fourth-order valence-corrected chi connectivity index (χ4v) is 4.52. The molecular weight excluding hydrogens is 354 g/mol. The lowest BCUT2D eigenvalue weighted by Gasteiger charge is -2.32. The van der Waals surface area contributed by atoms with E-state index in [9.17, 15) is 13.2 Å². The Morgan fingerprint density at radius 2 is 1.77 bits per heavy atom. The first-order valence-electron chi connectivity index (χ1n) is 8.97. The number of nitrogens with zero attached hydrogens (tertiary/aromatic N) is 1. The molecule has 0 unspecified atom stereocenters. The molecule has 7 heteroatoms. The SMILES string of the molecule is COc1ccc(CC(=O)N2CCC(CS(=O)(=O)C(C)C)CC2)cc1OC. The zero-order valence-corrected chi connectivity index (χ0v) is 16.8. The summed E-state index contributed by atoms with van der Waals surface area (Å²) in [5, 5.41) is -0.341. The van der Waals surface area contributed by atoms with Crippen molar-refractivity contribution >= 4 is 15.7 Å². The zero-order valence-electron chi connectivity index (χ0n) is 16.0. The van der Waals surface area contributed by atoms with Gasteiger partial charge in [-0.1, -0.05) is 6.07 Å². The molecule has 1 aliphatic rings. The summed E-state index contributed by atoms with van der Waals surface area (Å²) in [6, 6.07) is 5.48. The number of benzene rings is 1. The van der Waals surface area contributed by atoms with Crippen LogP contribution in [0.1, 0.15) is 32.3 Å². The van der Waals surface area contributed by atoms with Crippen molar-refractivity contribution in [3.63, 3.8) is 0 Å². The van der Waals surface area contributed by atoms with Crippen molar-refractivity contribution in [2.75, 3.05) is 33.1 Å². The third kappa shape index (κ3) is 5.13. The van der Waals surface area contributed by atoms with E-state index in [0.29, 0.717) is 31.0 Å². The molecule has 1 amide bonds. The van der Waals surface area contributed by atoms with Gasteiger partial charge in [0.2, 0.25) is 5.91 Å². The highest BCUT2D eigenvalue weighted by Gasteiger charge is 2.28. The number of rotatable bonds is 7. The number of carbonyl (C=O) groups is 1. The topological polar surface area (TPSA) is 72.9 Å². The lowest BCUT2D eigenvalue weighted by molar-refractivity contribution is -0.131. The zero-order chi connectivity index (χ0) is 19.3. The molecule has 1 aromatic rings. The number of amides is 1. The van der Waals surface area contributed by atoms with Gasteiger partial charge in [-0.15, -0.1) is 0 Å². The Morgan fingerprint density at radius 3 is 2.31 bits per heavy atom. The van der Waals surface area contributed by atoms with Crippen molar-refractivity contribution in [2.24, 2.45) is 5.92 Å². The minimum absolute atomic E-state index is 0.0578. The largest absolute Gasteiger partial charge is 0.493 e. The van der Waals surface area contributed by atoms with Gasteiger partial charge in [-0.2, -0.15) is 0 Å². The second-order valence-corrected chi connectivity index (χ2v) is 9.67. The van der Waals surface area contributed by atoms with E-state index in [-0.39, 0.29) is 22.8 Å². The first kappa shape index (κ1) is 20.6. The summed E-state index contributed by atoms with van der Waals surface area (Å²) in [4.78, 5) is 14.4. The van der Waals surface area contributed by atoms with Crippen molar-refractivity contribution in [3.05, 3.63) is 23.8 Å². The van der Waals surface area contributed by atoms with Crippen molar-refractivity contribution in [3.8, 4) is 11.5 Å². The number of hydrogen-bond acceptors (Lipinski definition) is 5. The molecule has 0 aromatic heterocycles. The maximum absolute atomic E-state index is 12.6. The number of hydrogen-bond donors (Lipinski definition) is 0. The van der Waals surface area contributed by atoms with Crippen LogP contribution in [0.3, 0.4) is 0 Å². The summed E-state index contributed by atoms with van der Waals surface area (Å²) < 4.78 is 34.6. The Labute approximate surface area is 156 Å². The Bertz CT molecular complexity index is 721. The van der Waals surface area contributed by atoms with E-state index in [4.69, 9.17) is 9.47 Å². The molecule has 26 heavy (non-hydrogen) atoms. The van der Waals surface area contributed by atoms with Gasteiger partial charge in [-0.05, 0) is 50.3 Å². The van der Waals surface area contributed by atoms with E-state index in [1.165, 1.54) is 0 Å². The van der Waals surface area contributed by atoms with Gasteiger partial charge in [0.05, 0.1) is 31.6 Å². The van der Waals surface area contributed by atoms with Crippen LogP contribution >= 0.6 is 0 Å². The molecule has 1 aliphatic heterocycles. The predicted molar refractivity (Wildman–Crippen MR) is 101 cm³/mol. The maximum Gasteiger partial charge on any atom is 0.226 e. The molecule has 2 rings (SSSR count). The fourth-order valence-electron chi connectivity index (χ4n) is 3.15. The molecule has 0 N–H and O–H groups in total. The van der Waals surface area contributed by atoms with Crippen LogP contribution in [-0.2, 0) is 21.1 Å². The third-order valence-electron chi connectivity index (χ3n) is 4.96. The van der Waals surface area contributed by atoms with E-state index in [2.05, 4.69) is 0 Å². The first-order chi connectivity index (χ1) is 12.3. The average molecular weight is 384 g/mol. The highest BCUT2D eigenvalue weighted by molar-refractivity contribution is 7.91. The Hall–Kier alpha value is -1.76. The normalized spacial score (nSPS) is 16.0. The minimum Gasteiger partial charge on any atom is -0.493 e. The smallest absolute Gasteiger partial charge is 0.226 e. The van der Waals surface area contributed by atoms with Crippen LogP contribution in [0.5, 0.6) is 11.5 Å². The van der Waals surface area contributed by atoms with Gasteiger partial charge < -0.3 is 14.4 Å². The molecule has 1 aromatic carbocycles. The van der Waals surface area contributed by atoms with Gasteiger partial charge in [-0.25, -0.2) is 8.42 Å². The third-order valence-corrected chi connectivity index (χ3v) is 7.33. The van der Waals surface area contributed by atoms with Gasteiger partial charge >= 0.3 is 0 Å². The van der Waals surface area contributed by atoms with E-state index < -0.39 is 9.84 Å². The first-order valence-corrected chi connectivity index (χ1v) is 10.7. The quantitative estimate of drug-likeness (QED) is 0.722. The second kappa shape index (κ2) is 8.75. The minimum atomic E-state index is -3.03. The van der Waals surface area contributed by atoms with E-state index in [1.807, 2.05) is 17.0 Å². The average Bonchev–Trinajstić information content (AvgIpc) is 2.61. The molecule has 1 saturated heterocycles. The molecule has 0 spiro atoms. The highest BCUT2D eigenvalue weighted by Crippen LogP contribution is 2.28. The Kier molecular flexibility index (Phi) is 6.92. The lowest BCUT2D eigenvalue weighted by Crippen LogP contribution is -2.41. The molecule has 1 fully saturated rings. The summed E-state index contributed by atoms with van der Waals surface area (Å²) >= 11 is 0. The van der Waals surface area contributed by atoms with Gasteiger partial charge in [-0.3, -0.25) is 4.79 Å². The molecule has 146 valence electrons. The van der Waals surface area contributed by atoms with Crippen LogP contribution in [0.4, 0.5) is 0 Å². The number of piperidine rings is 1. The molecule has 0 radical (unpaired) electrons. The van der Waals surface area contributed by atoms with E-state index in [1.54, 1.807) is 34.1 Å².